The van der Waals surface area contributed by atoms with E-state index in [0.717, 1.165) is 38.6 Å². The van der Waals surface area contributed by atoms with Crippen molar-refractivity contribution >= 4 is 6.03 Å². The fourth-order valence-corrected chi connectivity index (χ4v) is 2.52. The first-order chi connectivity index (χ1) is 8.16. The number of likely N-dealkylation sites (N-methyl/N-ethyl adjacent to an activating group) is 1. The maximum Gasteiger partial charge on any atom is 0.317 e. The zero-order valence-corrected chi connectivity index (χ0v) is 11.1. The molecule has 1 unspecified atom stereocenters. The van der Waals surface area contributed by atoms with Crippen molar-refractivity contribution in [2.45, 2.75) is 38.6 Å². The predicted molar refractivity (Wildman–Crippen MR) is 69.0 cm³/mol. The van der Waals surface area contributed by atoms with Crippen LogP contribution in [0.25, 0.3) is 0 Å². The first-order valence-corrected chi connectivity index (χ1v) is 6.90. The van der Waals surface area contributed by atoms with Crippen LogP contribution in [-0.2, 0) is 0 Å². The smallest absolute Gasteiger partial charge is 0.317 e. The number of likely N-dealkylation sites (tertiary alicyclic amines) is 1. The highest BCUT2D eigenvalue weighted by Crippen LogP contribution is 2.24. The van der Waals surface area contributed by atoms with Crippen LogP contribution in [0.1, 0.15) is 32.6 Å². The molecule has 1 aliphatic heterocycles. The third kappa shape index (κ3) is 3.87. The number of carbonyl (C=O) groups excluding carboxylic acids is 1. The molecule has 2 fully saturated rings. The molecule has 0 spiro atoms. The molecule has 2 rings (SSSR count). The largest absolute Gasteiger partial charge is 0.337 e. The van der Waals surface area contributed by atoms with Gasteiger partial charge in [0.05, 0.1) is 0 Å². The number of nitrogens with zero attached hydrogens (tertiary/aromatic N) is 2. The van der Waals surface area contributed by atoms with Crippen molar-refractivity contribution in [2.24, 2.45) is 5.92 Å². The van der Waals surface area contributed by atoms with Gasteiger partial charge in [-0.1, -0.05) is 6.92 Å². The standard InChI is InChI=1S/C13H25N3O/c1-11-4-3-8-16(10-11)13(17)14-7-9-15(2)12-5-6-12/h11-12H,3-10H2,1-2H3,(H,14,17). The molecule has 1 saturated heterocycles. The molecule has 17 heavy (non-hydrogen) atoms. The Labute approximate surface area is 104 Å². The zero-order chi connectivity index (χ0) is 12.3. The molecule has 4 nitrogen and oxygen atoms in total. The Morgan fingerprint density at radius 2 is 2.18 bits per heavy atom. The van der Waals surface area contributed by atoms with Gasteiger partial charge in [-0.2, -0.15) is 0 Å². The molecular formula is C13H25N3O. The molecule has 1 heterocycles. The molecule has 0 aromatic heterocycles. The molecule has 2 aliphatic rings. The summed E-state index contributed by atoms with van der Waals surface area (Å²) in [5.74, 6) is 0.656. The van der Waals surface area contributed by atoms with Crippen molar-refractivity contribution in [1.82, 2.24) is 15.1 Å². The van der Waals surface area contributed by atoms with E-state index in [1.165, 1.54) is 19.3 Å². The van der Waals surface area contributed by atoms with Crippen molar-refractivity contribution in [3.8, 4) is 0 Å². The molecule has 1 N–H and O–H groups in total. The maximum absolute atomic E-state index is 11.9. The van der Waals surface area contributed by atoms with Crippen LogP contribution >= 0.6 is 0 Å². The lowest BCUT2D eigenvalue weighted by molar-refractivity contribution is 0.168. The summed E-state index contributed by atoms with van der Waals surface area (Å²) in [6.07, 6.45) is 5.06. The molecule has 1 aliphatic carbocycles. The third-order valence-corrected chi connectivity index (χ3v) is 3.86. The van der Waals surface area contributed by atoms with Crippen LogP contribution in [0.15, 0.2) is 0 Å². The number of hydrogen-bond donors (Lipinski definition) is 1. The van der Waals surface area contributed by atoms with Crippen LogP contribution in [0.2, 0.25) is 0 Å². The summed E-state index contributed by atoms with van der Waals surface area (Å²) in [6.45, 7) is 5.82. The molecule has 1 saturated carbocycles. The highest BCUT2D eigenvalue weighted by molar-refractivity contribution is 5.74. The van der Waals surface area contributed by atoms with Gasteiger partial charge in [0.15, 0.2) is 0 Å². The average Bonchev–Trinajstić information content (AvgIpc) is 3.12. The summed E-state index contributed by atoms with van der Waals surface area (Å²) in [5, 5.41) is 3.03. The zero-order valence-electron chi connectivity index (χ0n) is 11.1. The van der Waals surface area contributed by atoms with Crippen molar-refractivity contribution < 1.29 is 4.79 Å². The number of urea groups is 1. The van der Waals surface area contributed by atoms with Gasteiger partial charge in [0.25, 0.3) is 0 Å². The average molecular weight is 239 g/mol. The van der Waals surface area contributed by atoms with E-state index in [4.69, 9.17) is 0 Å². The Kier molecular flexibility index (Phi) is 4.26. The number of hydrogen-bond acceptors (Lipinski definition) is 2. The fourth-order valence-electron chi connectivity index (χ4n) is 2.52. The maximum atomic E-state index is 11.9. The lowest BCUT2D eigenvalue weighted by Crippen LogP contribution is -2.46. The Hall–Kier alpha value is -0.770. The van der Waals surface area contributed by atoms with Crippen molar-refractivity contribution in [1.29, 1.82) is 0 Å². The van der Waals surface area contributed by atoms with Crippen molar-refractivity contribution in [2.75, 3.05) is 33.2 Å². The number of carbonyl (C=O) groups is 1. The van der Waals surface area contributed by atoms with Crippen LogP contribution in [0.5, 0.6) is 0 Å². The molecule has 0 radical (unpaired) electrons. The number of piperidine rings is 1. The molecule has 0 bridgehead atoms. The first-order valence-electron chi connectivity index (χ1n) is 6.90. The normalized spacial score (nSPS) is 25.1. The van der Waals surface area contributed by atoms with Crippen LogP contribution in [-0.4, -0.2) is 55.1 Å². The summed E-state index contributed by atoms with van der Waals surface area (Å²) in [4.78, 5) is 16.2. The molecule has 1 atom stereocenters. The van der Waals surface area contributed by atoms with Crippen LogP contribution in [0.3, 0.4) is 0 Å². The minimum Gasteiger partial charge on any atom is -0.337 e. The topological polar surface area (TPSA) is 35.6 Å². The van der Waals surface area contributed by atoms with E-state index >= 15 is 0 Å². The first kappa shape index (κ1) is 12.7. The monoisotopic (exact) mass is 239 g/mol. The fraction of sp³-hybridized carbons (Fsp3) is 0.923. The van der Waals surface area contributed by atoms with E-state index in [2.05, 4.69) is 24.2 Å². The number of nitrogens with one attached hydrogen (secondary N) is 1. The Morgan fingerprint density at radius 3 is 2.82 bits per heavy atom. The Morgan fingerprint density at radius 1 is 1.41 bits per heavy atom. The minimum absolute atomic E-state index is 0.126. The summed E-state index contributed by atoms with van der Waals surface area (Å²) in [5.41, 5.74) is 0. The van der Waals surface area contributed by atoms with Gasteiger partial charge in [0, 0.05) is 32.2 Å². The summed E-state index contributed by atoms with van der Waals surface area (Å²) in [6, 6.07) is 0.905. The molecular weight excluding hydrogens is 214 g/mol. The van der Waals surface area contributed by atoms with Gasteiger partial charge in [0.2, 0.25) is 0 Å². The summed E-state index contributed by atoms with van der Waals surface area (Å²) in [7, 11) is 2.15. The third-order valence-electron chi connectivity index (χ3n) is 3.86. The van der Waals surface area contributed by atoms with Gasteiger partial charge in [0.1, 0.15) is 0 Å². The number of rotatable bonds is 4. The van der Waals surface area contributed by atoms with E-state index < -0.39 is 0 Å². The molecule has 4 heteroatoms. The van der Waals surface area contributed by atoms with Gasteiger partial charge < -0.3 is 15.1 Å². The molecule has 98 valence electrons. The van der Waals surface area contributed by atoms with E-state index in [1.54, 1.807) is 0 Å². The lowest BCUT2D eigenvalue weighted by Gasteiger charge is -2.31. The second kappa shape index (κ2) is 5.71. The second-order valence-corrected chi connectivity index (χ2v) is 5.64. The quantitative estimate of drug-likeness (QED) is 0.807. The Balaban J connectivity index is 1.62. The minimum atomic E-state index is 0.126. The molecule has 2 amide bonds. The Bertz CT molecular complexity index is 265. The second-order valence-electron chi connectivity index (χ2n) is 5.64. The van der Waals surface area contributed by atoms with Crippen LogP contribution in [0, 0.1) is 5.92 Å². The van der Waals surface area contributed by atoms with Crippen molar-refractivity contribution in [3.05, 3.63) is 0 Å². The number of amides is 2. The summed E-state index contributed by atoms with van der Waals surface area (Å²) < 4.78 is 0. The van der Waals surface area contributed by atoms with Gasteiger partial charge in [-0.25, -0.2) is 4.79 Å². The van der Waals surface area contributed by atoms with Crippen LogP contribution < -0.4 is 5.32 Å². The van der Waals surface area contributed by atoms with Gasteiger partial charge >= 0.3 is 6.03 Å². The van der Waals surface area contributed by atoms with E-state index in [0.29, 0.717) is 5.92 Å². The highest BCUT2D eigenvalue weighted by Gasteiger charge is 2.26. The van der Waals surface area contributed by atoms with Gasteiger partial charge in [-0.05, 0) is 38.6 Å². The van der Waals surface area contributed by atoms with Crippen molar-refractivity contribution in [3.63, 3.8) is 0 Å². The van der Waals surface area contributed by atoms with Crippen LogP contribution in [0.4, 0.5) is 4.79 Å². The van der Waals surface area contributed by atoms with Gasteiger partial charge in [-0.3, -0.25) is 0 Å². The van der Waals surface area contributed by atoms with E-state index in [1.807, 2.05) is 4.90 Å². The SMILES string of the molecule is CC1CCCN(C(=O)NCCN(C)C2CC2)C1. The van der Waals surface area contributed by atoms with E-state index in [9.17, 15) is 4.79 Å². The molecule has 0 aromatic rings. The van der Waals surface area contributed by atoms with E-state index in [-0.39, 0.29) is 6.03 Å². The lowest BCUT2D eigenvalue weighted by atomic mass is 10.0. The molecule has 0 aromatic carbocycles. The summed E-state index contributed by atoms with van der Waals surface area (Å²) >= 11 is 0. The predicted octanol–water partition coefficient (Wildman–Crippen LogP) is 1.52. The van der Waals surface area contributed by atoms with Gasteiger partial charge in [-0.15, -0.1) is 0 Å². The highest BCUT2D eigenvalue weighted by atomic mass is 16.2.